The van der Waals surface area contributed by atoms with E-state index < -0.39 is 0 Å². The standard InChI is InChI=1S/C8H19NS/c1-6-8(4)9(10-5)7(2)3/h7-8H,6H2,1-5H3. The third-order valence-corrected chi connectivity index (χ3v) is 2.95. The fraction of sp³-hybridized carbons (Fsp3) is 1.00. The lowest BCUT2D eigenvalue weighted by Gasteiger charge is -2.29. The van der Waals surface area contributed by atoms with Crippen LogP contribution in [0.2, 0.25) is 0 Å². The van der Waals surface area contributed by atoms with Crippen molar-refractivity contribution in [2.75, 3.05) is 6.26 Å². The van der Waals surface area contributed by atoms with Gasteiger partial charge in [-0.25, -0.2) is 4.31 Å². The van der Waals surface area contributed by atoms with Gasteiger partial charge in [-0.05, 0) is 33.4 Å². The Morgan fingerprint density at radius 3 is 1.90 bits per heavy atom. The van der Waals surface area contributed by atoms with E-state index in [4.69, 9.17) is 0 Å². The van der Waals surface area contributed by atoms with E-state index in [1.807, 2.05) is 11.9 Å². The van der Waals surface area contributed by atoms with Crippen LogP contribution in [0, 0.1) is 0 Å². The minimum atomic E-state index is 0.657. The summed E-state index contributed by atoms with van der Waals surface area (Å²) in [5.41, 5.74) is 0. The summed E-state index contributed by atoms with van der Waals surface area (Å²) in [6.45, 7) is 8.98. The van der Waals surface area contributed by atoms with Gasteiger partial charge in [0.2, 0.25) is 0 Å². The summed E-state index contributed by atoms with van der Waals surface area (Å²) in [7, 11) is 0. The molecule has 0 aliphatic carbocycles. The summed E-state index contributed by atoms with van der Waals surface area (Å²) in [6, 6.07) is 1.36. The molecule has 0 heterocycles. The second-order valence-electron chi connectivity index (χ2n) is 2.89. The first kappa shape index (κ1) is 10.3. The average molecular weight is 161 g/mol. The molecule has 0 amide bonds. The summed E-state index contributed by atoms with van der Waals surface area (Å²) >= 11 is 1.84. The summed E-state index contributed by atoms with van der Waals surface area (Å²) in [6.07, 6.45) is 3.38. The molecule has 0 spiro atoms. The van der Waals surface area contributed by atoms with Crippen LogP contribution in [0.4, 0.5) is 0 Å². The van der Waals surface area contributed by atoms with Crippen LogP contribution >= 0.6 is 11.9 Å². The van der Waals surface area contributed by atoms with Crippen molar-refractivity contribution in [2.24, 2.45) is 0 Å². The van der Waals surface area contributed by atoms with Crippen molar-refractivity contribution in [3.63, 3.8) is 0 Å². The van der Waals surface area contributed by atoms with E-state index in [0.29, 0.717) is 12.1 Å². The fourth-order valence-corrected chi connectivity index (χ4v) is 2.01. The Bertz CT molecular complexity index is 83.3. The van der Waals surface area contributed by atoms with Crippen LogP contribution in [0.1, 0.15) is 34.1 Å². The van der Waals surface area contributed by atoms with Crippen LogP contribution in [-0.4, -0.2) is 22.6 Å². The van der Waals surface area contributed by atoms with Gasteiger partial charge >= 0.3 is 0 Å². The molecule has 0 aliphatic rings. The van der Waals surface area contributed by atoms with Gasteiger partial charge in [-0.2, -0.15) is 0 Å². The van der Waals surface area contributed by atoms with E-state index in [1.165, 1.54) is 6.42 Å². The Morgan fingerprint density at radius 1 is 1.30 bits per heavy atom. The maximum Gasteiger partial charge on any atom is 0.0174 e. The van der Waals surface area contributed by atoms with Gasteiger partial charge in [0.15, 0.2) is 0 Å². The molecule has 1 atom stereocenters. The summed E-state index contributed by atoms with van der Waals surface area (Å²) in [5, 5.41) is 0. The van der Waals surface area contributed by atoms with Crippen molar-refractivity contribution in [3.05, 3.63) is 0 Å². The molecule has 0 radical (unpaired) electrons. The third-order valence-electron chi connectivity index (χ3n) is 1.75. The van der Waals surface area contributed by atoms with Crippen molar-refractivity contribution >= 4 is 11.9 Å². The van der Waals surface area contributed by atoms with Crippen LogP contribution in [-0.2, 0) is 0 Å². The van der Waals surface area contributed by atoms with Gasteiger partial charge in [-0.3, -0.25) is 0 Å². The molecular formula is C8H19NS. The molecule has 0 saturated heterocycles. The first-order valence-corrected chi connectivity index (χ1v) is 5.14. The van der Waals surface area contributed by atoms with E-state index in [9.17, 15) is 0 Å². The molecule has 0 aromatic carbocycles. The molecule has 0 bridgehead atoms. The average Bonchev–Trinajstić information content (AvgIpc) is 1.88. The van der Waals surface area contributed by atoms with Gasteiger partial charge in [0.25, 0.3) is 0 Å². The summed E-state index contributed by atoms with van der Waals surface area (Å²) in [5.74, 6) is 0. The highest BCUT2D eigenvalue weighted by Crippen LogP contribution is 2.16. The molecule has 2 heteroatoms. The quantitative estimate of drug-likeness (QED) is 0.583. The van der Waals surface area contributed by atoms with Gasteiger partial charge in [0.1, 0.15) is 0 Å². The van der Waals surface area contributed by atoms with Crippen LogP contribution in [0.25, 0.3) is 0 Å². The number of hydrogen-bond donors (Lipinski definition) is 0. The highest BCUT2D eigenvalue weighted by molar-refractivity contribution is 7.96. The second-order valence-corrected chi connectivity index (χ2v) is 3.68. The monoisotopic (exact) mass is 161 g/mol. The van der Waals surface area contributed by atoms with Crippen LogP contribution in [0.15, 0.2) is 0 Å². The van der Waals surface area contributed by atoms with Gasteiger partial charge < -0.3 is 0 Å². The molecule has 10 heavy (non-hydrogen) atoms. The van der Waals surface area contributed by atoms with Gasteiger partial charge in [0, 0.05) is 12.1 Å². The largest absolute Gasteiger partial charge is 0.246 e. The lowest BCUT2D eigenvalue weighted by atomic mass is 10.2. The molecule has 0 aromatic rings. The van der Waals surface area contributed by atoms with Crippen molar-refractivity contribution in [2.45, 2.75) is 46.2 Å². The number of hydrogen-bond acceptors (Lipinski definition) is 2. The minimum Gasteiger partial charge on any atom is -0.246 e. The number of nitrogens with zero attached hydrogens (tertiary/aromatic N) is 1. The summed E-state index contributed by atoms with van der Waals surface area (Å²) < 4.78 is 2.43. The zero-order valence-corrected chi connectivity index (χ0v) is 8.53. The molecule has 0 saturated carbocycles. The molecule has 0 rings (SSSR count). The molecule has 62 valence electrons. The Kier molecular flexibility index (Phi) is 5.18. The lowest BCUT2D eigenvalue weighted by molar-refractivity contribution is 0.312. The SMILES string of the molecule is CCC(C)N(SC)C(C)C. The van der Waals surface area contributed by atoms with Crippen molar-refractivity contribution in [1.29, 1.82) is 0 Å². The van der Waals surface area contributed by atoms with E-state index in [2.05, 4.69) is 38.3 Å². The van der Waals surface area contributed by atoms with E-state index in [0.717, 1.165) is 0 Å². The Morgan fingerprint density at radius 2 is 1.80 bits per heavy atom. The van der Waals surface area contributed by atoms with Crippen molar-refractivity contribution in [1.82, 2.24) is 4.31 Å². The van der Waals surface area contributed by atoms with Crippen LogP contribution in [0.3, 0.4) is 0 Å². The van der Waals surface area contributed by atoms with E-state index in [1.54, 1.807) is 0 Å². The molecular weight excluding hydrogens is 142 g/mol. The maximum absolute atomic E-state index is 2.43. The first-order chi connectivity index (χ1) is 4.63. The smallest absolute Gasteiger partial charge is 0.0174 e. The third kappa shape index (κ3) is 2.93. The first-order valence-electron chi connectivity index (χ1n) is 3.95. The number of rotatable bonds is 4. The lowest BCUT2D eigenvalue weighted by Crippen LogP contribution is -2.31. The molecule has 0 aliphatic heterocycles. The van der Waals surface area contributed by atoms with Gasteiger partial charge in [-0.1, -0.05) is 18.9 Å². The predicted octanol–water partition coefficient (Wildman–Crippen LogP) is 2.77. The van der Waals surface area contributed by atoms with Crippen molar-refractivity contribution in [3.8, 4) is 0 Å². The van der Waals surface area contributed by atoms with Crippen LogP contribution < -0.4 is 0 Å². The molecule has 0 fully saturated rings. The topological polar surface area (TPSA) is 3.24 Å². The molecule has 1 unspecified atom stereocenters. The molecule has 1 nitrogen and oxygen atoms in total. The highest BCUT2D eigenvalue weighted by Gasteiger charge is 2.13. The van der Waals surface area contributed by atoms with Gasteiger partial charge in [0.05, 0.1) is 0 Å². The summed E-state index contributed by atoms with van der Waals surface area (Å²) in [4.78, 5) is 0. The maximum atomic E-state index is 2.43. The Labute approximate surface area is 69.3 Å². The zero-order chi connectivity index (χ0) is 8.15. The predicted molar refractivity (Wildman–Crippen MR) is 50.2 cm³/mol. The second kappa shape index (κ2) is 5.03. The van der Waals surface area contributed by atoms with Crippen LogP contribution in [0.5, 0.6) is 0 Å². The molecule has 0 aromatic heterocycles. The van der Waals surface area contributed by atoms with E-state index in [-0.39, 0.29) is 0 Å². The zero-order valence-electron chi connectivity index (χ0n) is 7.72. The minimum absolute atomic E-state index is 0.657. The van der Waals surface area contributed by atoms with Crippen molar-refractivity contribution < 1.29 is 0 Å². The van der Waals surface area contributed by atoms with E-state index >= 15 is 0 Å². The Hall–Kier alpha value is 0.310. The Balaban J connectivity index is 3.80. The van der Waals surface area contributed by atoms with Gasteiger partial charge in [-0.15, -0.1) is 0 Å². The fourth-order valence-electron chi connectivity index (χ4n) is 1.08. The normalized spacial score (nSPS) is 14.7. The highest BCUT2D eigenvalue weighted by atomic mass is 32.2. The molecule has 0 N–H and O–H groups in total.